The number of amides is 1. The third-order valence-corrected chi connectivity index (χ3v) is 5.56. The Kier molecular flexibility index (Phi) is 4.54. The highest BCUT2D eigenvalue weighted by atomic mass is 32.1. The SMILES string of the molecule is Cc1nc(-c2cccs2)sc1C(=O)N(C)Cc1cccc(F)c1. The van der Waals surface area contributed by atoms with E-state index in [0.717, 1.165) is 21.1 Å². The number of aromatic nitrogens is 1. The fraction of sp³-hybridized carbons (Fsp3) is 0.176. The number of hydrogen-bond acceptors (Lipinski definition) is 4. The van der Waals surface area contributed by atoms with Gasteiger partial charge in [-0.05, 0) is 36.1 Å². The number of thiophene rings is 1. The van der Waals surface area contributed by atoms with Crippen LogP contribution in [0.15, 0.2) is 41.8 Å². The lowest BCUT2D eigenvalue weighted by Gasteiger charge is -2.16. The van der Waals surface area contributed by atoms with Gasteiger partial charge in [0.15, 0.2) is 0 Å². The summed E-state index contributed by atoms with van der Waals surface area (Å²) in [6.45, 7) is 2.21. The van der Waals surface area contributed by atoms with Crippen LogP contribution in [0, 0.1) is 12.7 Å². The van der Waals surface area contributed by atoms with Crippen molar-refractivity contribution in [2.75, 3.05) is 7.05 Å². The number of aryl methyl sites for hydroxylation is 1. The summed E-state index contributed by atoms with van der Waals surface area (Å²) in [5, 5.41) is 2.85. The maximum Gasteiger partial charge on any atom is 0.265 e. The van der Waals surface area contributed by atoms with Crippen molar-refractivity contribution in [3.63, 3.8) is 0 Å². The first kappa shape index (κ1) is 15.8. The molecule has 2 heterocycles. The second kappa shape index (κ2) is 6.60. The molecule has 0 aliphatic carbocycles. The number of benzene rings is 1. The zero-order chi connectivity index (χ0) is 16.4. The molecule has 0 saturated heterocycles. The number of carbonyl (C=O) groups excluding carboxylic acids is 1. The minimum Gasteiger partial charge on any atom is -0.337 e. The molecule has 0 unspecified atom stereocenters. The van der Waals surface area contributed by atoms with E-state index in [4.69, 9.17) is 0 Å². The Hall–Kier alpha value is -2.05. The minimum atomic E-state index is -0.294. The highest BCUT2D eigenvalue weighted by Crippen LogP contribution is 2.31. The Bertz CT molecular complexity index is 827. The third kappa shape index (κ3) is 3.48. The highest BCUT2D eigenvalue weighted by molar-refractivity contribution is 7.22. The van der Waals surface area contributed by atoms with Crippen molar-refractivity contribution < 1.29 is 9.18 Å². The van der Waals surface area contributed by atoms with Gasteiger partial charge in [-0.25, -0.2) is 9.37 Å². The second-order valence-corrected chi connectivity index (χ2v) is 7.15. The van der Waals surface area contributed by atoms with Crippen LogP contribution in [0.5, 0.6) is 0 Å². The summed E-state index contributed by atoms with van der Waals surface area (Å²) in [4.78, 5) is 20.4. The van der Waals surface area contributed by atoms with Gasteiger partial charge < -0.3 is 4.90 Å². The first-order chi connectivity index (χ1) is 11.0. The monoisotopic (exact) mass is 346 g/mol. The summed E-state index contributed by atoms with van der Waals surface area (Å²) in [6.07, 6.45) is 0. The van der Waals surface area contributed by atoms with E-state index >= 15 is 0 Å². The average molecular weight is 346 g/mol. The molecular formula is C17H15FN2OS2. The van der Waals surface area contributed by atoms with E-state index in [1.54, 1.807) is 29.4 Å². The van der Waals surface area contributed by atoms with Gasteiger partial charge in [0.25, 0.3) is 5.91 Å². The molecular weight excluding hydrogens is 331 g/mol. The van der Waals surface area contributed by atoms with Crippen LogP contribution < -0.4 is 0 Å². The molecule has 0 aliphatic heterocycles. The Balaban J connectivity index is 1.80. The van der Waals surface area contributed by atoms with Gasteiger partial charge in [0.2, 0.25) is 0 Å². The first-order valence-electron chi connectivity index (χ1n) is 7.06. The van der Waals surface area contributed by atoms with Crippen LogP contribution in [0.3, 0.4) is 0 Å². The van der Waals surface area contributed by atoms with Crippen LogP contribution in [0.25, 0.3) is 9.88 Å². The van der Waals surface area contributed by atoms with Crippen molar-refractivity contribution in [1.29, 1.82) is 0 Å². The van der Waals surface area contributed by atoms with Crippen LogP contribution in [0.4, 0.5) is 4.39 Å². The van der Waals surface area contributed by atoms with Gasteiger partial charge in [0.05, 0.1) is 10.6 Å². The van der Waals surface area contributed by atoms with Crippen molar-refractivity contribution >= 4 is 28.6 Å². The predicted octanol–water partition coefficient (Wildman–Crippen LogP) is 4.59. The number of hydrogen-bond donors (Lipinski definition) is 0. The normalized spacial score (nSPS) is 10.7. The van der Waals surface area contributed by atoms with Gasteiger partial charge in [0, 0.05) is 13.6 Å². The van der Waals surface area contributed by atoms with E-state index in [2.05, 4.69) is 4.98 Å². The average Bonchev–Trinajstić information content (AvgIpc) is 3.15. The van der Waals surface area contributed by atoms with E-state index in [-0.39, 0.29) is 11.7 Å². The molecule has 3 aromatic rings. The van der Waals surface area contributed by atoms with Crippen LogP contribution in [-0.4, -0.2) is 22.8 Å². The fourth-order valence-electron chi connectivity index (χ4n) is 2.25. The fourth-order valence-corrected chi connectivity index (χ4v) is 4.11. The first-order valence-corrected chi connectivity index (χ1v) is 8.75. The molecule has 1 aromatic carbocycles. The van der Waals surface area contributed by atoms with Gasteiger partial charge in [-0.2, -0.15) is 0 Å². The van der Waals surface area contributed by atoms with Crippen molar-refractivity contribution in [3.8, 4) is 9.88 Å². The molecule has 0 aliphatic rings. The molecule has 1 amide bonds. The van der Waals surface area contributed by atoms with Gasteiger partial charge >= 0.3 is 0 Å². The molecule has 6 heteroatoms. The van der Waals surface area contributed by atoms with Gasteiger partial charge in [-0.15, -0.1) is 22.7 Å². The van der Waals surface area contributed by atoms with E-state index in [9.17, 15) is 9.18 Å². The van der Waals surface area contributed by atoms with Crippen LogP contribution in [0.1, 0.15) is 20.9 Å². The molecule has 23 heavy (non-hydrogen) atoms. The number of carbonyl (C=O) groups is 1. The molecule has 3 rings (SSSR count). The molecule has 0 spiro atoms. The topological polar surface area (TPSA) is 33.2 Å². The van der Waals surface area contributed by atoms with Gasteiger partial charge in [-0.3, -0.25) is 4.79 Å². The maximum absolute atomic E-state index is 13.3. The lowest BCUT2D eigenvalue weighted by Crippen LogP contribution is -2.26. The number of rotatable bonds is 4. The van der Waals surface area contributed by atoms with E-state index in [0.29, 0.717) is 11.4 Å². The van der Waals surface area contributed by atoms with E-state index in [1.165, 1.54) is 23.5 Å². The Morgan fingerprint density at radius 1 is 1.30 bits per heavy atom. The maximum atomic E-state index is 13.3. The predicted molar refractivity (Wildman–Crippen MR) is 92.4 cm³/mol. The summed E-state index contributed by atoms with van der Waals surface area (Å²) in [7, 11) is 1.72. The van der Waals surface area contributed by atoms with Crippen LogP contribution in [-0.2, 0) is 6.54 Å². The van der Waals surface area contributed by atoms with Crippen molar-refractivity contribution in [3.05, 3.63) is 63.7 Å². The number of thiazole rings is 1. The highest BCUT2D eigenvalue weighted by Gasteiger charge is 2.20. The second-order valence-electron chi connectivity index (χ2n) is 5.20. The number of halogens is 1. The van der Waals surface area contributed by atoms with Crippen molar-refractivity contribution in [2.24, 2.45) is 0 Å². The van der Waals surface area contributed by atoms with Crippen LogP contribution >= 0.6 is 22.7 Å². The summed E-state index contributed by atoms with van der Waals surface area (Å²) >= 11 is 3.01. The number of nitrogens with zero attached hydrogens (tertiary/aromatic N) is 2. The quantitative estimate of drug-likeness (QED) is 0.692. The summed E-state index contributed by atoms with van der Waals surface area (Å²) in [6, 6.07) is 10.3. The zero-order valence-electron chi connectivity index (χ0n) is 12.7. The molecule has 0 radical (unpaired) electrons. The lowest BCUT2D eigenvalue weighted by molar-refractivity contribution is 0.0789. The summed E-state index contributed by atoms with van der Waals surface area (Å²) in [5.41, 5.74) is 1.50. The Morgan fingerprint density at radius 2 is 2.13 bits per heavy atom. The van der Waals surface area contributed by atoms with Crippen molar-refractivity contribution in [2.45, 2.75) is 13.5 Å². The van der Waals surface area contributed by atoms with Gasteiger partial charge in [-0.1, -0.05) is 18.2 Å². The van der Waals surface area contributed by atoms with E-state index in [1.807, 2.05) is 30.5 Å². The summed E-state index contributed by atoms with van der Waals surface area (Å²) in [5.74, 6) is -0.385. The molecule has 118 valence electrons. The standard InChI is InChI=1S/C17H15FN2OS2/c1-11-15(23-16(19-11)14-7-4-8-22-14)17(21)20(2)10-12-5-3-6-13(18)9-12/h3-9H,10H2,1-2H3. The Morgan fingerprint density at radius 3 is 2.83 bits per heavy atom. The largest absolute Gasteiger partial charge is 0.337 e. The molecule has 0 saturated carbocycles. The molecule has 0 N–H and O–H groups in total. The third-order valence-electron chi connectivity index (χ3n) is 3.38. The zero-order valence-corrected chi connectivity index (χ0v) is 14.4. The molecule has 0 bridgehead atoms. The molecule has 2 aromatic heterocycles. The molecule has 0 atom stereocenters. The van der Waals surface area contributed by atoms with E-state index < -0.39 is 0 Å². The molecule has 0 fully saturated rings. The van der Waals surface area contributed by atoms with Crippen LogP contribution in [0.2, 0.25) is 0 Å². The Labute approximate surface area is 142 Å². The lowest BCUT2D eigenvalue weighted by atomic mass is 10.2. The van der Waals surface area contributed by atoms with Gasteiger partial charge in [0.1, 0.15) is 15.7 Å². The van der Waals surface area contributed by atoms with Crippen molar-refractivity contribution in [1.82, 2.24) is 9.88 Å². The molecule has 3 nitrogen and oxygen atoms in total. The smallest absolute Gasteiger partial charge is 0.265 e. The minimum absolute atomic E-state index is 0.0907. The summed E-state index contributed by atoms with van der Waals surface area (Å²) < 4.78 is 13.3.